The maximum absolute atomic E-state index is 11.6. The minimum absolute atomic E-state index is 0.0978. The second-order valence-electron chi connectivity index (χ2n) is 2.68. The third-order valence-corrected chi connectivity index (χ3v) is 1.81. The van der Waals surface area contributed by atoms with Gasteiger partial charge in [0, 0.05) is 0 Å². The first-order valence-electron chi connectivity index (χ1n) is 4.07. The van der Waals surface area contributed by atoms with Crippen molar-refractivity contribution in [2.45, 2.75) is 0 Å². The number of nitrogens with zero attached hydrogens (tertiary/aromatic N) is 4. The summed E-state index contributed by atoms with van der Waals surface area (Å²) in [5.74, 6) is -1.51. The van der Waals surface area contributed by atoms with Crippen LogP contribution in [0.2, 0.25) is 5.15 Å². The first-order valence-corrected chi connectivity index (χ1v) is 4.45. The summed E-state index contributed by atoms with van der Waals surface area (Å²) >= 11 is 5.58. The maximum Gasteiger partial charge on any atom is 0.280 e. The molecule has 0 aromatic carbocycles. The molecule has 17 heavy (non-hydrogen) atoms. The van der Waals surface area contributed by atoms with Crippen molar-refractivity contribution in [3.63, 3.8) is 0 Å². The molecule has 1 aromatic rings. The lowest BCUT2D eigenvalue weighted by Crippen LogP contribution is -2.37. The van der Waals surface area contributed by atoms with E-state index in [-0.39, 0.29) is 22.5 Å². The Kier molecular flexibility index (Phi) is 3.63. The maximum atomic E-state index is 11.6. The van der Waals surface area contributed by atoms with Crippen molar-refractivity contribution >= 4 is 35.1 Å². The van der Waals surface area contributed by atoms with Gasteiger partial charge in [-0.15, -0.1) is 4.99 Å². The largest absolute Gasteiger partial charge is 0.382 e. The average Bonchev–Trinajstić information content (AvgIpc) is 2.23. The van der Waals surface area contributed by atoms with Crippen LogP contribution < -0.4 is 22.5 Å². The monoisotopic (exact) mass is 254 g/mol. The zero-order valence-electron chi connectivity index (χ0n) is 8.31. The molecule has 0 unspecified atom stereocenters. The Morgan fingerprint density at radius 2 is 2.06 bits per heavy atom. The van der Waals surface area contributed by atoms with Crippen LogP contribution in [0, 0.1) is 11.5 Å². The number of nitriles is 1. The number of carbonyl (C=O) groups is 1. The molecule has 1 heterocycles. The highest BCUT2D eigenvalue weighted by molar-refractivity contribution is 6.31. The molecule has 0 spiro atoms. The number of halogens is 1. The number of anilines is 2. The van der Waals surface area contributed by atoms with E-state index in [0.29, 0.717) is 0 Å². The van der Waals surface area contributed by atoms with Gasteiger partial charge in [0.05, 0.1) is 0 Å². The molecule has 1 amide bonds. The number of hydrogen-bond donors (Lipinski definition) is 4. The number of amides is 1. The lowest BCUT2D eigenvalue weighted by atomic mass is 10.4. The Balaban J connectivity index is 3.02. The second kappa shape index (κ2) is 4.95. The smallest absolute Gasteiger partial charge is 0.280 e. The summed E-state index contributed by atoms with van der Waals surface area (Å²) in [5, 5.41) is 10.1. The normalized spacial score (nSPS) is 10.7. The van der Waals surface area contributed by atoms with Crippen molar-refractivity contribution in [1.29, 1.82) is 5.26 Å². The summed E-state index contributed by atoms with van der Waals surface area (Å²) in [4.78, 5) is 21.9. The van der Waals surface area contributed by atoms with Gasteiger partial charge in [-0.1, -0.05) is 11.6 Å². The molecule has 7 N–H and O–H groups in total. The zero-order valence-corrected chi connectivity index (χ0v) is 9.06. The van der Waals surface area contributed by atoms with Crippen LogP contribution >= 0.6 is 11.6 Å². The van der Waals surface area contributed by atoms with Crippen LogP contribution in [0.1, 0.15) is 10.5 Å². The quantitative estimate of drug-likeness (QED) is 0.277. The summed E-state index contributed by atoms with van der Waals surface area (Å²) in [6, 6.07) is 0. The SMILES string of the molecule is N#CN=C(N)NC(=O)c1nc(Cl)c(N)nc1N. The molecule has 88 valence electrons. The van der Waals surface area contributed by atoms with Gasteiger partial charge in [-0.2, -0.15) is 5.26 Å². The van der Waals surface area contributed by atoms with Crippen LogP contribution in [0.25, 0.3) is 0 Å². The van der Waals surface area contributed by atoms with Crippen molar-refractivity contribution in [1.82, 2.24) is 15.3 Å². The topological polar surface area (TPSA) is 169 Å². The van der Waals surface area contributed by atoms with Crippen LogP contribution in [-0.2, 0) is 0 Å². The number of aliphatic imine (C=N–C) groups is 1. The lowest BCUT2D eigenvalue weighted by Gasteiger charge is -2.06. The van der Waals surface area contributed by atoms with Gasteiger partial charge < -0.3 is 17.2 Å². The Morgan fingerprint density at radius 1 is 1.41 bits per heavy atom. The van der Waals surface area contributed by atoms with Gasteiger partial charge in [-0.05, 0) is 0 Å². The molecule has 0 atom stereocenters. The number of nitrogens with two attached hydrogens (primary N) is 3. The van der Waals surface area contributed by atoms with Gasteiger partial charge in [0.15, 0.2) is 22.5 Å². The fourth-order valence-corrected chi connectivity index (χ4v) is 0.993. The number of nitrogen functional groups attached to an aromatic ring is 2. The van der Waals surface area contributed by atoms with Crippen LogP contribution in [0.3, 0.4) is 0 Å². The summed E-state index contributed by atoms with van der Waals surface area (Å²) in [6.45, 7) is 0. The molecular weight excluding hydrogens is 248 g/mol. The van der Waals surface area contributed by atoms with E-state index < -0.39 is 11.9 Å². The second-order valence-corrected chi connectivity index (χ2v) is 3.04. The van der Waals surface area contributed by atoms with Crippen LogP contribution in [-0.4, -0.2) is 21.8 Å². The Morgan fingerprint density at radius 3 is 2.65 bits per heavy atom. The van der Waals surface area contributed by atoms with Crippen molar-refractivity contribution in [3.05, 3.63) is 10.8 Å². The molecule has 10 heteroatoms. The third-order valence-electron chi connectivity index (χ3n) is 1.53. The number of aromatic nitrogens is 2. The minimum Gasteiger partial charge on any atom is -0.382 e. The Labute approximate surface area is 100 Å². The van der Waals surface area contributed by atoms with E-state index in [2.05, 4.69) is 20.3 Å². The average molecular weight is 255 g/mol. The number of nitrogens with one attached hydrogen (secondary N) is 1. The highest BCUT2D eigenvalue weighted by Crippen LogP contribution is 2.16. The van der Waals surface area contributed by atoms with Gasteiger partial charge in [0.2, 0.25) is 12.2 Å². The number of rotatable bonds is 1. The number of carbonyl (C=O) groups excluding carboxylic acids is 1. The molecule has 0 radical (unpaired) electrons. The van der Waals surface area contributed by atoms with E-state index in [1.165, 1.54) is 6.19 Å². The molecule has 1 aromatic heterocycles. The van der Waals surface area contributed by atoms with Crippen molar-refractivity contribution in [3.8, 4) is 6.19 Å². The number of hydrogen-bond acceptors (Lipinski definition) is 7. The van der Waals surface area contributed by atoms with Crippen molar-refractivity contribution in [2.75, 3.05) is 11.5 Å². The fourth-order valence-electron chi connectivity index (χ4n) is 0.866. The first-order chi connectivity index (χ1) is 7.95. The van der Waals surface area contributed by atoms with Crippen molar-refractivity contribution < 1.29 is 4.79 Å². The van der Waals surface area contributed by atoms with Gasteiger partial charge in [0.25, 0.3) is 5.91 Å². The first kappa shape index (κ1) is 12.5. The van der Waals surface area contributed by atoms with Gasteiger partial charge in [-0.25, -0.2) is 9.97 Å². The molecule has 0 saturated carbocycles. The van der Waals surface area contributed by atoms with Crippen molar-refractivity contribution in [2.24, 2.45) is 10.7 Å². The standard InChI is InChI=1S/C7H7ClN8O/c8-3-5(11)15-4(10)2(14-3)6(17)16-7(12)13-1-9/h(H4,10,11,15)(H3,12,13,16,17). The van der Waals surface area contributed by atoms with E-state index in [1.54, 1.807) is 0 Å². The summed E-state index contributed by atoms with van der Waals surface area (Å²) in [6.07, 6.45) is 1.39. The Bertz CT molecular complexity index is 533. The van der Waals surface area contributed by atoms with Gasteiger partial charge in [-0.3, -0.25) is 10.1 Å². The van der Waals surface area contributed by atoms with E-state index in [0.717, 1.165) is 0 Å². The summed E-state index contributed by atoms with van der Waals surface area (Å²) < 4.78 is 0. The van der Waals surface area contributed by atoms with Crippen LogP contribution in [0.4, 0.5) is 11.6 Å². The molecule has 0 fully saturated rings. The molecule has 9 nitrogen and oxygen atoms in total. The van der Waals surface area contributed by atoms with E-state index in [9.17, 15) is 4.79 Å². The fraction of sp³-hybridized carbons (Fsp3) is 0. The predicted octanol–water partition coefficient (Wildman–Crippen LogP) is -1.18. The third kappa shape index (κ3) is 2.93. The molecule has 0 saturated heterocycles. The van der Waals surface area contributed by atoms with E-state index in [1.807, 2.05) is 0 Å². The van der Waals surface area contributed by atoms with E-state index in [4.69, 9.17) is 34.1 Å². The predicted molar refractivity (Wildman–Crippen MR) is 60.6 cm³/mol. The summed E-state index contributed by atoms with van der Waals surface area (Å²) in [7, 11) is 0. The summed E-state index contributed by atoms with van der Waals surface area (Å²) in [5.41, 5.74) is 15.7. The molecule has 0 aliphatic heterocycles. The zero-order chi connectivity index (χ0) is 13.0. The van der Waals surface area contributed by atoms with Crippen LogP contribution in [0.5, 0.6) is 0 Å². The molecule has 0 aliphatic carbocycles. The van der Waals surface area contributed by atoms with Crippen LogP contribution in [0.15, 0.2) is 4.99 Å². The van der Waals surface area contributed by atoms with E-state index >= 15 is 0 Å². The molecule has 0 bridgehead atoms. The van der Waals surface area contributed by atoms with Gasteiger partial charge in [0.1, 0.15) is 0 Å². The molecular formula is C7H7ClN8O. The highest BCUT2D eigenvalue weighted by Gasteiger charge is 2.16. The molecule has 1 rings (SSSR count). The minimum atomic E-state index is -0.798. The highest BCUT2D eigenvalue weighted by atomic mass is 35.5. The Hall–Kier alpha value is -2.60. The molecule has 0 aliphatic rings. The number of guanidine groups is 1. The van der Waals surface area contributed by atoms with Gasteiger partial charge >= 0.3 is 0 Å². The lowest BCUT2D eigenvalue weighted by molar-refractivity contribution is 0.0972.